The van der Waals surface area contributed by atoms with Gasteiger partial charge in [-0.25, -0.2) is 8.78 Å². The molecule has 0 amide bonds. The predicted molar refractivity (Wildman–Crippen MR) is 111 cm³/mol. The summed E-state index contributed by atoms with van der Waals surface area (Å²) in [6.45, 7) is 5.53. The number of unbranched alkanes of at least 4 members (excludes halogenated alkanes) is 2. The molecule has 4 heteroatoms. The molecule has 0 radical (unpaired) electrons. The van der Waals surface area contributed by atoms with Crippen LogP contribution in [-0.2, 0) is 9.47 Å². The molecular weight excluding hydrogens is 370 g/mol. The van der Waals surface area contributed by atoms with Crippen molar-refractivity contribution in [2.75, 3.05) is 13.2 Å². The van der Waals surface area contributed by atoms with Gasteiger partial charge < -0.3 is 9.47 Å². The van der Waals surface area contributed by atoms with Crippen LogP contribution in [0.4, 0.5) is 8.78 Å². The highest BCUT2D eigenvalue weighted by molar-refractivity contribution is 5.40. The molecule has 2 fully saturated rings. The van der Waals surface area contributed by atoms with Crippen LogP contribution in [0.5, 0.6) is 0 Å². The molecular formula is C25H34F2O2. The van der Waals surface area contributed by atoms with Crippen LogP contribution in [0.25, 0.3) is 0 Å². The van der Waals surface area contributed by atoms with Crippen LogP contribution in [0.3, 0.4) is 0 Å². The minimum absolute atomic E-state index is 0.139. The molecule has 0 aromatic heterocycles. The van der Waals surface area contributed by atoms with Gasteiger partial charge in [-0.2, -0.15) is 0 Å². The van der Waals surface area contributed by atoms with Gasteiger partial charge in [0.25, 0.3) is 0 Å². The Balaban J connectivity index is 1.58. The first-order valence-electron chi connectivity index (χ1n) is 11.3. The van der Waals surface area contributed by atoms with Crippen LogP contribution in [0.1, 0.15) is 89.1 Å². The first-order chi connectivity index (χ1) is 14.1. The molecule has 1 aliphatic heterocycles. The highest BCUT2D eigenvalue weighted by atomic mass is 19.1. The Kier molecular flexibility index (Phi) is 8.51. The fourth-order valence-corrected chi connectivity index (χ4v) is 4.32. The van der Waals surface area contributed by atoms with Gasteiger partial charge in [-0.15, -0.1) is 0 Å². The largest absolute Gasteiger partial charge is 0.348 e. The van der Waals surface area contributed by atoms with Crippen molar-refractivity contribution in [3.63, 3.8) is 0 Å². The normalized spacial score (nSPS) is 27.3. The zero-order valence-corrected chi connectivity index (χ0v) is 17.8. The van der Waals surface area contributed by atoms with E-state index in [1.807, 2.05) is 0 Å². The lowest BCUT2D eigenvalue weighted by Gasteiger charge is -2.29. The zero-order chi connectivity index (χ0) is 20.6. The zero-order valence-electron chi connectivity index (χ0n) is 17.8. The van der Waals surface area contributed by atoms with E-state index < -0.39 is 17.9 Å². The van der Waals surface area contributed by atoms with Crippen LogP contribution in [-0.4, -0.2) is 13.2 Å². The van der Waals surface area contributed by atoms with Crippen molar-refractivity contribution in [3.05, 3.63) is 34.9 Å². The van der Waals surface area contributed by atoms with Gasteiger partial charge in [0, 0.05) is 17.4 Å². The quantitative estimate of drug-likeness (QED) is 0.384. The maximum Gasteiger partial charge on any atom is 0.184 e. The topological polar surface area (TPSA) is 18.5 Å². The van der Waals surface area contributed by atoms with Crippen LogP contribution in [0.15, 0.2) is 12.1 Å². The van der Waals surface area contributed by atoms with Gasteiger partial charge in [-0.1, -0.05) is 51.4 Å². The Hall–Kier alpha value is -1.44. The smallest absolute Gasteiger partial charge is 0.184 e. The molecule has 1 aromatic carbocycles. The Bertz CT molecular complexity index is 682. The summed E-state index contributed by atoms with van der Waals surface area (Å²) in [5.41, 5.74) is 0.251. The van der Waals surface area contributed by atoms with Crippen molar-refractivity contribution in [1.29, 1.82) is 0 Å². The summed E-state index contributed by atoms with van der Waals surface area (Å²) in [6.07, 6.45) is 9.50. The second kappa shape index (κ2) is 11.1. The molecule has 2 nitrogen and oxygen atoms in total. The van der Waals surface area contributed by atoms with E-state index in [2.05, 4.69) is 25.7 Å². The SMILES string of the molecule is CCCCC[C@H]1CO[C@H](c2cc(F)c(C#C[C@H]3CC[C@H](CC)CC3)c(F)c2)OC1. The van der Waals surface area contributed by atoms with Gasteiger partial charge in [-0.05, 0) is 50.2 Å². The summed E-state index contributed by atoms with van der Waals surface area (Å²) in [6, 6.07) is 2.62. The van der Waals surface area contributed by atoms with Crippen molar-refractivity contribution in [2.24, 2.45) is 17.8 Å². The third-order valence-corrected chi connectivity index (χ3v) is 6.34. The second-order valence-electron chi connectivity index (χ2n) is 8.62. The van der Waals surface area contributed by atoms with E-state index in [1.165, 1.54) is 31.4 Å². The fourth-order valence-electron chi connectivity index (χ4n) is 4.32. The van der Waals surface area contributed by atoms with E-state index in [4.69, 9.17) is 9.47 Å². The molecule has 29 heavy (non-hydrogen) atoms. The molecule has 0 spiro atoms. The maximum atomic E-state index is 14.6. The number of hydrogen-bond donors (Lipinski definition) is 0. The molecule has 1 aliphatic carbocycles. The van der Waals surface area contributed by atoms with Gasteiger partial charge in [0.15, 0.2) is 6.29 Å². The third kappa shape index (κ3) is 6.27. The predicted octanol–water partition coefficient (Wildman–Crippen LogP) is 6.77. The number of halogens is 2. The van der Waals surface area contributed by atoms with Crippen LogP contribution in [0, 0.1) is 41.2 Å². The molecule has 0 N–H and O–H groups in total. The molecule has 1 saturated heterocycles. The maximum absolute atomic E-state index is 14.6. The lowest BCUT2D eigenvalue weighted by molar-refractivity contribution is -0.206. The summed E-state index contributed by atoms with van der Waals surface area (Å²) in [5, 5.41) is 0. The number of rotatable bonds is 6. The Morgan fingerprint density at radius 2 is 1.59 bits per heavy atom. The lowest BCUT2D eigenvalue weighted by atomic mass is 9.81. The summed E-state index contributed by atoms with van der Waals surface area (Å²) in [5.74, 6) is 5.99. The Morgan fingerprint density at radius 3 is 2.17 bits per heavy atom. The van der Waals surface area contributed by atoms with Crippen molar-refractivity contribution in [1.82, 2.24) is 0 Å². The van der Waals surface area contributed by atoms with Gasteiger partial charge in [0.1, 0.15) is 11.6 Å². The molecule has 3 rings (SSSR count). The van der Waals surface area contributed by atoms with E-state index in [0.717, 1.165) is 44.4 Å². The van der Waals surface area contributed by atoms with E-state index in [0.29, 0.717) is 24.7 Å². The summed E-state index contributed by atoms with van der Waals surface area (Å²) in [7, 11) is 0. The molecule has 1 heterocycles. The Morgan fingerprint density at radius 1 is 0.931 bits per heavy atom. The van der Waals surface area contributed by atoms with Crippen molar-refractivity contribution in [2.45, 2.75) is 77.9 Å². The number of hydrogen-bond acceptors (Lipinski definition) is 2. The Labute approximate surface area is 174 Å². The number of ether oxygens (including phenoxy) is 2. The standard InChI is InChI=1S/C25H34F2O2/c1-3-5-6-7-20-16-28-25(29-17-20)21-14-23(26)22(24(27)15-21)13-12-19-10-8-18(4-2)9-11-19/h14-15,18-20,25H,3-11,16-17H2,1-2H3/t18-,19-,20-,25-. The summed E-state index contributed by atoms with van der Waals surface area (Å²) < 4.78 is 40.6. The van der Waals surface area contributed by atoms with E-state index in [-0.39, 0.29) is 11.5 Å². The minimum atomic E-state index is -0.701. The number of benzene rings is 1. The van der Waals surface area contributed by atoms with Gasteiger partial charge in [-0.3, -0.25) is 0 Å². The first kappa shape index (κ1) is 22.2. The van der Waals surface area contributed by atoms with Crippen molar-refractivity contribution < 1.29 is 18.3 Å². The molecule has 160 valence electrons. The monoisotopic (exact) mass is 404 g/mol. The average molecular weight is 405 g/mol. The molecule has 0 unspecified atom stereocenters. The van der Waals surface area contributed by atoms with Crippen LogP contribution < -0.4 is 0 Å². The molecule has 0 bridgehead atoms. The van der Waals surface area contributed by atoms with Gasteiger partial charge in [0.05, 0.1) is 18.8 Å². The molecule has 2 aliphatic rings. The van der Waals surface area contributed by atoms with Crippen molar-refractivity contribution in [3.8, 4) is 11.8 Å². The van der Waals surface area contributed by atoms with Crippen LogP contribution >= 0.6 is 0 Å². The van der Waals surface area contributed by atoms with E-state index >= 15 is 0 Å². The molecule has 1 aromatic rings. The third-order valence-electron chi connectivity index (χ3n) is 6.34. The highest BCUT2D eigenvalue weighted by Gasteiger charge is 2.25. The van der Waals surface area contributed by atoms with Gasteiger partial charge >= 0.3 is 0 Å². The minimum Gasteiger partial charge on any atom is -0.348 e. The highest BCUT2D eigenvalue weighted by Crippen LogP contribution is 2.31. The summed E-state index contributed by atoms with van der Waals surface area (Å²) >= 11 is 0. The first-order valence-corrected chi connectivity index (χ1v) is 11.3. The second-order valence-corrected chi connectivity index (χ2v) is 8.62. The lowest BCUT2D eigenvalue weighted by Crippen LogP contribution is -2.27. The fraction of sp³-hybridized carbons (Fsp3) is 0.680. The summed E-state index contributed by atoms with van der Waals surface area (Å²) in [4.78, 5) is 0. The van der Waals surface area contributed by atoms with Crippen LogP contribution in [0.2, 0.25) is 0 Å². The average Bonchev–Trinajstić information content (AvgIpc) is 2.74. The van der Waals surface area contributed by atoms with Gasteiger partial charge in [0.2, 0.25) is 0 Å². The molecule has 1 saturated carbocycles. The van der Waals surface area contributed by atoms with Crippen molar-refractivity contribution >= 4 is 0 Å². The van der Waals surface area contributed by atoms with E-state index in [9.17, 15) is 8.78 Å². The van der Waals surface area contributed by atoms with E-state index in [1.54, 1.807) is 0 Å². The molecule has 0 atom stereocenters.